The number of nitriles is 1. The molecule has 7 heteroatoms. The van der Waals surface area contributed by atoms with Crippen LogP contribution in [0.4, 0.5) is 0 Å². The van der Waals surface area contributed by atoms with E-state index >= 15 is 0 Å². The Morgan fingerprint density at radius 1 is 1.53 bits per heavy atom. The van der Waals surface area contributed by atoms with Crippen molar-refractivity contribution < 1.29 is 18.3 Å². The number of benzene rings is 1. The highest BCUT2D eigenvalue weighted by Gasteiger charge is 2.76. The van der Waals surface area contributed by atoms with Gasteiger partial charge in [0, 0.05) is 17.2 Å². The zero-order valence-corrected chi connectivity index (χ0v) is 11.4. The van der Waals surface area contributed by atoms with Crippen molar-refractivity contribution in [3.63, 3.8) is 0 Å². The van der Waals surface area contributed by atoms with E-state index < -0.39 is 32.4 Å². The van der Waals surface area contributed by atoms with Crippen LogP contribution in [0, 0.1) is 16.7 Å². The monoisotopic (exact) mass is 299 g/mol. The molecule has 1 fully saturated rings. The minimum Gasteiger partial charge on any atom is -0.480 e. The average molecular weight is 300 g/mol. The zero-order chi connectivity index (χ0) is 14.4. The highest BCUT2D eigenvalue weighted by Crippen LogP contribution is 2.62. The molecule has 1 aliphatic rings. The van der Waals surface area contributed by atoms with Crippen molar-refractivity contribution in [1.29, 1.82) is 5.26 Å². The minimum absolute atomic E-state index is 0.369. The van der Waals surface area contributed by atoms with E-state index in [4.69, 9.17) is 16.9 Å². The van der Waals surface area contributed by atoms with E-state index in [-0.39, 0.29) is 0 Å². The molecular formula is C12H10ClNO4S. The number of sulfone groups is 1. The summed E-state index contributed by atoms with van der Waals surface area (Å²) >= 11 is 5.81. The van der Waals surface area contributed by atoms with Crippen molar-refractivity contribution in [1.82, 2.24) is 0 Å². The van der Waals surface area contributed by atoms with E-state index in [0.29, 0.717) is 10.6 Å². The van der Waals surface area contributed by atoms with E-state index in [1.807, 2.05) is 0 Å². The summed E-state index contributed by atoms with van der Waals surface area (Å²) in [4.78, 5) is 11.3. The third kappa shape index (κ3) is 1.99. The first kappa shape index (κ1) is 13.8. The van der Waals surface area contributed by atoms with E-state index in [1.165, 1.54) is 6.07 Å². The number of halogens is 1. The Bertz CT molecular complexity index is 694. The molecule has 1 aromatic rings. The van der Waals surface area contributed by atoms with Crippen LogP contribution in [-0.2, 0) is 14.6 Å². The molecule has 5 nitrogen and oxygen atoms in total. The normalized spacial score (nSPS) is 29.5. The van der Waals surface area contributed by atoms with Gasteiger partial charge in [0.05, 0.1) is 6.07 Å². The first-order chi connectivity index (χ1) is 8.75. The molecule has 0 unspecified atom stereocenters. The molecule has 100 valence electrons. The lowest BCUT2D eigenvalue weighted by molar-refractivity contribution is -0.141. The molecule has 19 heavy (non-hydrogen) atoms. The summed E-state index contributed by atoms with van der Waals surface area (Å²) in [5.41, 5.74) is -1.47. The second-order valence-corrected chi connectivity index (χ2v) is 7.17. The topological polar surface area (TPSA) is 95.2 Å². The number of hydrogen-bond acceptors (Lipinski definition) is 4. The first-order valence-corrected chi connectivity index (χ1v) is 7.67. The maximum Gasteiger partial charge on any atom is 0.326 e. The molecule has 0 spiro atoms. The van der Waals surface area contributed by atoms with Crippen LogP contribution < -0.4 is 0 Å². The Hall–Kier alpha value is -1.58. The van der Waals surface area contributed by atoms with E-state index in [9.17, 15) is 18.3 Å². The van der Waals surface area contributed by atoms with Crippen molar-refractivity contribution in [2.45, 2.75) is 11.2 Å². The number of nitrogens with zero attached hydrogens (tertiary/aromatic N) is 1. The van der Waals surface area contributed by atoms with Crippen LogP contribution in [0.2, 0.25) is 5.02 Å². The summed E-state index contributed by atoms with van der Waals surface area (Å²) in [7, 11) is -3.65. The lowest BCUT2D eigenvalue weighted by atomic mass is 10.0. The maximum absolute atomic E-state index is 11.7. The van der Waals surface area contributed by atoms with Gasteiger partial charge in [0.1, 0.15) is 5.25 Å². The standard InChI is InChI=1S/C12H10ClNO4S/c1-19(17,18)10-9(12(10,6-14)11(15)16)7-3-2-4-8(13)5-7/h2-5,9-10H,1H3,(H,15,16)/t9-,10-,12+/m1/s1. The van der Waals surface area contributed by atoms with Crippen molar-refractivity contribution in [3.05, 3.63) is 34.9 Å². The van der Waals surface area contributed by atoms with Gasteiger partial charge >= 0.3 is 5.97 Å². The van der Waals surface area contributed by atoms with Crippen LogP contribution >= 0.6 is 11.6 Å². The fourth-order valence-corrected chi connectivity index (χ4v) is 4.48. The van der Waals surface area contributed by atoms with E-state index in [1.54, 1.807) is 24.3 Å². The molecule has 0 radical (unpaired) electrons. The Labute approximate surface area is 115 Å². The molecule has 0 heterocycles. The number of rotatable bonds is 3. The quantitative estimate of drug-likeness (QED) is 0.911. The SMILES string of the molecule is CS(=O)(=O)[C@@H]1[C@@H](c2cccc(Cl)c2)[C@]1(C#N)C(=O)O. The van der Waals surface area contributed by atoms with Crippen molar-refractivity contribution in [2.24, 2.45) is 5.41 Å². The molecule has 0 aromatic heterocycles. The predicted octanol–water partition coefficient (Wildman–Crippen LogP) is 1.44. The van der Waals surface area contributed by atoms with Gasteiger partial charge in [0.25, 0.3) is 0 Å². The maximum atomic E-state index is 11.7. The van der Waals surface area contributed by atoms with Gasteiger partial charge in [-0.25, -0.2) is 8.42 Å². The molecule has 0 saturated heterocycles. The van der Waals surface area contributed by atoms with Crippen LogP contribution in [0.25, 0.3) is 0 Å². The smallest absolute Gasteiger partial charge is 0.326 e. The fourth-order valence-electron chi connectivity index (χ4n) is 2.51. The van der Waals surface area contributed by atoms with E-state index in [2.05, 4.69) is 0 Å². The molecule has 0 bridgehead atoms. The third-order valence-corrected chi connectivity index (χ3v) is 5.14. The fraction of sp³-hybridized carbons (Fsp3) is 0.333. The number of aliphatic carboxylic acids is 1. The molecule has 1 N–H and O–H groups in total. The van der Waals surface area contributed by atoms with Gasteiger partial charge in [0.15, 0.2) is 15.3 Å². The van der Waals surface area contributed by atoms with Gasteiger partial charge in [-0.1, -0.05) is 23.7 Å². The van der Waals surface area contributed by atoms with Gasteiger partial charge in [-0.15, -0.1) is 0 Å². The summed E-state index contributed by atoms with van der Waals surface area (Å²) in [6.45, 7) is 0. The summed E-state index contributed by atoms with van der Waals surface area (Å²) in [6, 6.07) is 7.92. The van der Waals surface area contributed by atoms with Crippen LogP contribution in [0.5, 0.6) is 0 Å². The number of carbonyl (C=O) groups is 1. The first-order valence-electron chi connectivity index (χ1n) is 5.34. The van der Waals surface area contributed by atoms with Gasteiger partial charge in [-0.05, 0) is 17.7 Å². The lowest BCUT2D eigenvalue weighted by Crippen LogP contribution is -2.21. The Balaban J connectivity index is 2.58. The third-order valence-electron chi connectivity index (χ3n) is 3.34. The van der Waals surface area contributed by atoms with Crippen molar-refractivity contribution >= 4 is 27.4 Å². The number of hydrogen-bond donors (Lipinski definition) is 1. The van der Waals surface area contributed by atoms with Gasteiger partial charge in [-0.3, -0.25) is 4.79 Å². The van der Waals surface area contributed by atoms with Crippen LogP contribution in [0.15, 0.2) is 24.3 Å². The summed E-state index contributed by atoms with van der Waals surface area (Å²) in [6.07, 6.45) is 0.942. The molecule has 0 amide bonds. The second-order valence-electron chi connectivity index (χ2n) is 4.57. The van der Waals surface area contributed by atoms with Crippen LogP contribution in [0.1, 0.15) is 11.5 Å². The molecule has 1 aromatic carbocycles. The van der Waals surface area contributed by atoms with Gasteiger partial charge in [0.2, 0.25) is 0 Å². The molecule has 0 aliphatic heterocycles. The highest BCUT2D eigenvalue weighted by atomic mass is 35.5. The average Bonchev–Trinajstić information content (AvgIpc) is 2.99. The number of carboxylic acid groups (broad SMARTS) is 1. The summed E-state index contributed by atoms with van der Waals surface area (Å²) in [5.74, 6) is -2.31. The van der Waals surface area contributed by atoms with Gasteiger partial charge < -0.3 is 5.11 Å². The molecule has 2 rings (SSSR count). The van der Waals surface area contributed by atoms with Crippen LogP contribution in [-0.4, -0.2) is 31.0 Å². The van der Waals surface area contributed by atoms with E-state index in [0.717, 1.165) is 6.26 Å². The summed E-state index contributed by atoms with van der Waals surface area (Å²) < 4.78 is 23.4. The Morgan fingerprint density at radius 3 is 2.53 bits per heavy atom. The Morgan fingerprint density at radius 2 is 2.16 bits per heavy atom. The highest BCUT2D eigenvalue weighted by molar-refractivity contribution is 7.91. The second kappa shape index (κ2) is 4.22. The van der Waals surface area contributed by atoms with Crippen molar-refractivity contribution in [3.8, 4) is 6.07 Å². The largest absolute Gasteiger partial charge is 0.480 e. The molecule has 1 saturated carbocycles. The zero-order valence-electron chi connectivity index (χ0n) is 9.87. The molecular weight excluding hydrogens is 290 g/mol. The minimum atomic E-state index is -3.65. The Kier molecular flexibility index (Phi) is 3.07. The van der Waals surface area contributed by atoms with Gasteiger partial charge in [-0.2, -0.15) is 5.26 Å². The summed E-state index contributed by atoms with van der Waals surface area (Å²) in [5, 5.41) is 17.5. The lowest BCUT2D eigenvalue weighted by Gasteiger charge is -2.02. The van der Waals surface area contributed by atoms with Crippen LogP contribution in [0.3, 0.4) is 0 Å². The van der Waals surface area contributed by atoms with Crippen molar-refractivity contribution in [2.75, 3.05) is 6.26 Å². The number of carboxylic acids is 1. The predicted molar refractivity (Wildman–Crippen MR) is 68.5 cm³/mol. The molecule has 1 aliphatic carbocycles. The molecule has 3 atom stereocenters.